The summed E-state index contributed by atoms with van der Waals surface area (Å²) >= 11 is 6.12. The molecule has 0 atom stereocenters. The van der Waals surface area contributed by atoms with Crippen molar-refractivity contribution in [2.75, 3.05) is 20.1 Å². The lowest BCUT2D eigenvalue weighted by atomic mass is 10.1. The Balaban J connectivity index is 2.17. The highest BCUT2D eigenvalue weighted by atomic mass is 35.5. The van der Waals surface area contributed by atoms with Gasteiger partial charge in [-0.25, -0.2) is 0 Å². The largest absolute Gasteiger partial charge is 0.319 e. The van der Waals surface area contributed by atoms with Gasteiger partial charge in [0.2, 0.25) is 0 Å². The van der Waals surface area contributed by atoms with Gasteiger partial charge in [0.1, 0.15) is 0 Å². The molecule has 0 heterocycles. The first-order valence-corrected chi connectivity index (χ1v) is 9.72. The number of hydrazone groups is 1. The van der Waals surface area contributed by atoms with Gasteiger partial charge >= 0.3 is 0 Å². The molecule has 0 saturated carbocycles. The minimum atomic E-state index is 0.783. The van der Waals surface area contributed by atoms with Crippen molar-refractivity contribution in [1.82, 2.24) is 10.3 Å². The van der Waals surface area contributed by atoms with E-state index in [0.717, 1.165) is 43.9 Å². The fourth-order valence-corrected chi connectivity index (χ4v) is 2.92. The Labute approximate surface area is 163 Å². The van der Waals surface area contributed by atoms with Crippen LogP contribution in [0.2, 0.25) is 0 Å². The molecular weight excluding hydrogens is 342 g/mol. The average Bonchev–Trinajstić information content (AvgIpc) is 2.84. The van der Waals surface area contributed by atoms with E-state index in [-0.39, 0.29) is 0 Å². The van der Waals surface area contributed by atoms with E-state index in [9.17, 15) is 0 Å². The molecule has 3 nitrogen and oxygen atoms in total. The molecule has 140 valence electrons. The molecule has 0 amide bonds. The third kappa shape index (κ3) is 7.19. The Kier molecular flexibility index (Phi) is 8.66. The van der Waals surface area contributed by atoms with Gasteiger partial charge in [0.15, 0.2) is 0 Å². The number of aryl methyl sites for hydroxylation is 1. The van der Waals surface area contributed by atoms with Gasteiger partial charge in [-0.05, 0) is 50.4 Å². The molecule has 1 aromatic rings. The smallest absolute Gasteiger partial charge is 0.0614 e. The maximum Gasteiger partial charge on any atom is 0.0614 e. The molecular formula is C22H30ClN3. The van der Waals surface area contributed by atoms with Gasteiger partial charge in [-0.1, -0.05) is 66.6 Å². The van der Waals surface area contributed by atoms with Crippen molar-refractivity contribution in [3.63, 3.8) is 0 Å². The van der Waals surface area contributed by atoms with Crippen LogP contribution in [0.4, 0.5) is 0 Å². The Hall–Kier alpha value is -1.84. The zero-order valence-corrected chi connectivity index (χ0v) is 16.9. The highest BCUT2D eigenvalue weighted by molar-refractivity contribution is 6.31. The summed E-state index contributed by atoms with van der Waals surface area (Å²) in [5.41, 5.74) is 5.03. The summed E-state index contributed by atoms with van der Waals surface area (Å²) in [5.74, 6) is 0. The van der Waals surface area contributed by atoms with Gasteiger partial charge < -0.3 is 5.32 Å². The zero-order chi connectivity index (χ0) is 18.8. The van der Waals surface area contributed by atoms with Gasteiger partial charge in [-0.2, -0.15) is 5.10 Å². The standard InChI is InChI=1S/C22H30ClN3/c1-4-22(14-15-24-3)25-26(17-20-10-8-18(2)9-11-20)16-19-6-5-7-21(23)13-12-19/h6-13,24H,4-5,14-17H2,1-3H3/b25-22+. The molecule has 1 aliphatic rings. The third-order valence-electron chi connectivity index (χ3n) is 4.35. The predicted octanol–water partition coefficient (Wildman–Crippen LogP) is 5.18. The maximum absolute atomic E-state index is 6.12. The van der Waals surface area contributed by atoms with Crippen LogP contribution in [0.5, 0.6) is 0 Å². The van der Waals surface area contributed by atoms with Crippen LogP contribution >= 0.6 is 11.6 Å². The SMILES string of the molecule is CC/C(CCNC)=N\N(CC1=CCC=C(Cl)C=C1)Cc1ccc(C)cc1. The lowest BCUT2D eigenvalue weighted by Gasteiger charge is -2.22. The number of allylic oxidation sites excluding steroid dienone is 4. The second-order valence-corrected chi connectivity index (χ2v) is 7.06. The number of rotatable bonds is 9. The molecule has 0 radical (unpaired) electrons. The molecule has 0 saturated heterocycles. The van der Waals surface area contributed by atoms with Crippen LogP contribution in [0.1, 0.15) is 37.3 Å². The summed E-state index contributed by atoms with van der Waals surface area (Å²) in [6.45, 7) is 6.83. The molecule has 2 rings (SSSR count). The van der Waals surface area contributed by atoms with Gasteiger partial charge in [0.25, 0.3) is 0 Å². The fraction of sp³-hybridized carbons (Fsp3) is 0.409. The van der Waals surface area contributed by atoms with Gasteiger partial charge in [0, 0.05) is 17.3 Å². The minimum Gasteiger partial charge on any atom is -0.319 e. The van der Waals surface area contributed by atoms with Crippen molar-refractivity contribution in [2.24, 2.45) is 5.10 Å². The van der Waals surface area contributed by atoms with Gasteiger partial charge in [0.05, 0.1) is 13.1 Å². The van der Waals surface area contributed by atoms with Crippen molar-refractivity contribution in [2.45, 2.75) is 39.7 Å². The highest BCUT2D eigenvalue weighted by Gasteiger charge is 2.08. The van der Waals surface area contributed by atoms with Gasteiger partial charge in [-0.3, -0.25) is 5.01 Å². The van der Waals surface area contributed by atoms with Crippen LogP contribution < -0.4 is 5.32 Å². The van der Waals surface area contributed by atoms with Crippen LogP contribution in [0.3, 0.4) is 0 Å². The number of nitrogens with zero attached hydrogens (tertiary/aromatic N) is 2. The lowest BCUT2D eigenvalue weighted by molar-refractivity contribution is 0.304. The Morgan fingerprint density at radius 2 is 1.92 bits per heavy atom. The quantitative estimate of drug-likeness (QED) is 0.478. The summed E-state index contributed by atoms with van der Waals surface area (Å²) in [6.07, 6.45) is 11.1. The second-order valence-electron chi connectivity index (χ2n) is 6.62. The summed E-state index contributed by atoms with van der Waals surface area (Å²) in [4.78, 5) is 0. The Morgan fingerprint density at radius 3 is 2.62 bits per heavy atom. The molecule has 0 spiro atoms. The molecule has 0 aliphatic heterocycles. The first-order valence-electron chi connectivity index (χ1n) is 9.35. The van der Waals surface area contributed by atoms with E-state index >= 15 is 0 Å². The number of nitrogens with one attached hydrogen (secondary N) is 1. The summed E-state index contributed by atoms with van der Waals surface area (Å²) in [7, 11) is 1.98. The lowest BCUT2D eigenvalue weighted by Crippen LogP contribution is -2.23. The highest BCUT2D eigenvalue weighted by Crippen LogP contribution is 2.16. The summed E-state index contributed by atoms with van der Waals surface area (Å²) < 4.78 is 0. The second kappa shape index (κ2) is 11.0. The number of hydrogen-bond donors (Lipinski definition) is 1. The van der Waals surface area contributed by atoms with E-state index in [1.165, 1.54) is 22.4 Å². The van der Waals surface area contributed by atoms with E-state index in [1.54, 1.807) is 0 Å². The topological polar surface area (TPSA) is 27.6 Å². The summed E-state index contributed by atoms with van der Waals surface area (Å²) in [5, 5.41) is 11.2. The maximum atomic E-state index is 6.12. The number of halogens is 1. The van der Waals surface area contributed by atoms with Crippen LogP contribution in [0, 0.1) is 6.92 Å². The van der Waals surface area contributed by atoms with Crippen LogP contribution in [-0.2, 0) is 6.54 Å². The van der Waals surface area contributed by atoms with Crippen molar-refractivity contribution in [3.8, 4) is 0 Å². The van der Waals surface area contributed by atoms with E-state index in [0.29, 0.717) is 0 Å². The van der Waals surface area contributed by atoms with Crippen LogP contribution in [0.25, 0.3) is 0 Å². The molecule has 4 heteroatoms. The fourth-order valence-electron chi connectivity index (χ4n) is 2.77. The van der Waals surface area contributed by atoms with E-state index in [4.69, 9.17) is 16.7 Å². The van der Waals surface area contributed by atoms with Gasteiger partial charge in [-0.15, -0.1) is 0 Å². The Bertz CT molecular complexity index is 684. The van der Waals surface area contributed by atoms with Crippen molar-refractivity contribution in [3.05, 3.63) is 70.3 Å². The first kappa shape index (κ1) is 20.5. The minimum absolute atomic E-state index is 0.783. The predicted molar refractivity (Wildman–Crippen MR) is 114 cm³/mol. The molecule has 1 N–H and O–H groups in total. The van der Waals surface area contributed by atoms with Crippen LogP contribution in [-0.4, -0.2) is 30.9 Å². The van der Waals surface area contributed by atoms with Crippen molar-refractivity contribution >= 4 is 17.3 Å². The van der Waals surface area contributed by atoms with E-state index in [1.807, 2.05) is 19.2 Å². The molecule has 0 aromatic heterocycles. The molecule has 0 fully saturated rings. The molecule has 1 aromatic carbocycles. The Morgan fingerprint density at radius 1 is 1.15 bits per heavy atom. The number of hydrogen-bond acceptors (Lipinski definition) is 3. The van der Waals surface area contributed by atoms with E-state index in [2.05, 4.69) is 60.6 Å². The average molecular weight is 372 g/mol. The first-order chi connectivity index (χ1) is 12.6. The van der Waals surface area contributed by atoms with Crippen molar-refractivity contribution < 1.29 is 0 Å². The molecule has 26 heavy (non-hydrogen) atoms. The monoisotopic (exact) mass is 371 g/mol. The van der Waals surface area contributed by atoms with Crippen molar-refractivity contribution in [1.29, 1.82) is 0 Å². The number of benzene rings is 1. The van der Waals surface area contributed by atoms with Crippen LogP contribution in [0.15, 0.2) is 64.3 Å². The van der Waals surface area contributed by atoms with E-state index < -0.39 is 0 Å². The summed E-state index contributed by atoms with van der Waals surface area (Å²) in [6, 6.07) is 8.70. The third-order valence-corrected chi connectivity index (χ3v) is 4.64. The zero-order valence-electron chi connectivity index (χ0n) is 16.1. The molecule has 1 aliphatic carbocycles. The normalized spacial score (nSPS) is 14.7. The molecule has 0 bridgehead atoms. The molecule has 0 unspecified atom stereocenters.